The van der Waals surface area contributed by atoms with Gasteiger partial charge in [0.15, 0.2) is 6.10 Å². The number of aliphatic hydroxyl groups is 1. The summed E-state index contributed by atoms with van der Waals surface area (Å²) < 4.78 is 10.7. The van der Waals surface area contributed by atoms with Gasteiger partial charge in [-0.05, 0) is 83.5 Å². The molecule has 5 heteroatoms. The number of hydrogen-bond donors (Lipinski definition) is 1. The van der Waals surface area contributed by atoms with Crippen LogP contribution in [-0.2, 0) is 19.1 Å². The molecule has 0 fully saturated rings. The molecule has 0 aliphatic rings. The van der Waals surface area contributed by atoms with Crippen molar-refractivity contribution in [2.75, 3.05) is 13.2 Å². The number of carbonyl (C=O) groups excluding carboxylic acids is 2. The lowest BCUT2D eigenvalue weighted by Gasteiger charge is -2.15. The third-order valence-corrected chi connectivity index (χ3v) is 13.0. The first kappa shape index (κ1) is 65.3. The van der Waals surface area contributed by atoms with Gasteiger partial charge in [-0.1, -0.05) is 273 Å². The Morgan fingerprint density at radius 3 is 0.971 bits per heavy atom. The number of carbonyl (C=O) groups is 2. The zero-order valence-electron chi connectivity index (χ0n) is 45.1. The van der Waals surface area contributed by atoms with Crippen LogP contribution >= 0.6 is 0 Å². The quantitative estimate of drug-likeness (QED) is 0.0374. The number of rotatable bonds is 54. The van der Waals surface area contributed by atoms with Gasteiger partial charge in [-0.3, -0.25) is 9.59 Å². The van der Waals surface area contributed by atoms with E-state index in [0.717, 1.165) is 70.6 Å². The van der Waals surface area contributed by atoms with E-state index in [1.165, 1.54) is 199 Å². The van der Waals surface area contributed by atoms with Gasteiger partial charge in [0, 0.05) is 12.8 Å². The molecule has 0 saturated heterocycles. The minimum Gasteiger partial charge on any atom is -0.462 e. The van der Waals surface area contributed by atoms with Crippen LogP contribution in [0.1, 0.15) is 296 Å². The Kier molecular flexibility index (Phi) is 56.4. The summed E-state index contributed by atoms with van der Waals surface area (Å²) in [5.74, 6) is -0.582. The molecule has 0 aliphatic carbocycles. The Morgan fingerprint density at radius 2 is 0.632 bits per heavy atom. The minimum absolute atomic E-state index is 0.0658. The molecule has 68 heavy (non-hydrogen) atoms. The molecule has 0 radical (unpaired) electrons. The maximum atomic E-state index is 12.3. The molecule has 0 aliphatic heterocycles. The second kappa shape index (κ2) is 58.7. The van der Waals surface area contributed by atoms with Gasteiger partial charge in [-0.2, -0.15) is 0 Å². The second-order valence-electron chi connectivity index (χ2n) is 19.7. The van der Waals surface area contributed by atoms with Gasteiger partial charge in [0.2, 0.25) is 0 Å². The van der Waals surface area contributed by atoms with E-state index in [2.05, 4.69) is 86.8 Å². The van der Waals surface area contributed by atoms with Gasteiger partial charge >= 0.3 is 11.9 Å². The lowest BCUT2D eigenvalue weighted by molar-refractivity contribution is -0.161. The average molecular weight is 950 g/mol. The summed E-state index contributed by atoms with van der Waals surface area (Å²) in [5, 5.41) is 9.67. The molecule has 5 nitrogen and oxygen atoms in total. The second-order valence-corrected chi connectivity index (χ2v) is 19.7. The maximum Gasteiger partial charge on any atom is 0.306 e. The van der Waals surface area contributed by atoms with E-state index in [4.69, 9.17) is 9.47 Å². The first-order valence-corrected chi connectivity index (χ1v) is 29.5. The highest BCUT2D eigenvalue weighted by Gasteiger charge is 2.16. The Balaban J connectivity index is 3.47. The third-order valence-electron chi connectivity index (χ3n) is 13.0. The molecule has 1 atom stereocenters. The van der Waals surface area contributed by atoms with E-state index in [1.807, 2.05) is 0 Å². The molecule has 0 aromatic rings. The number of ether oxygens (including phenoxy) is 2. The van der Waals surface area contributed by atoms with E-state index < -0.39 is 6.10 Å². The predicted molar refractivity (Wildman–Crippen MR) is 297 cm³/mol. The normalized spacial score (nSPS) is 12.7. The Hall–Kier alpha value is -2.66. The van der Waals surface area contributed by atoms with E-state index in [-0.39, 0.29) is 25.2 Å². The van der Waals surface area contributed by atoms with Gasteiger partial charge in [0.25, 0.3) is 0 Å². The zero-order valence-corrected chi connectivity index (χ0v) is 45.1. The number of aliphatic hydroxyl groups excluding tert-OH is 1. The molecule has 394 valence electrons. The first-order chi connectivity index (χ1) is 33.6. The van der Waals surface area contributed by atoms with Crippen LogP contribution in [0.2, 0.25) is 0 Å². The summed E-state index contributed by atoms with van der Waals surface area (Å²) in [5.41, 5.74) is 0. The fourth-order valence-corrected chi connectivity index (χ4v) is 8.58. The Bertz CT molecular complexity index is 1210. The fraction of sp³-hybridized carbons (Fsp3) is 0.778. The van der Waals surface area contributed by atoms with E-state index in [1.54, 1.807) is 0 Å². The maximum absolute atomic E-state index is 12.3. The van der Waals surface area contributed by atoms with Crippen molar-refractivity contribution >= 4 is 11.9 Å². The molecule has 0 spiro atoms. The van der Waals surface area contributed by atoms with E-state index in [0.29, 0.717) is 12.8 Å². The topological polar surface area (TPSA) is 72.8 Å². The molecular weight excluding hydrogens is 837 g/mol. The molecule has 0 heterocycles. The van der Waals surface area contributed by atoms with E-state index >= 15 is 0 Å². The van der Waals surface area contributed by atoms with Crippen LogP contribution in [0.25, 0.3) is 0 Å². The van der Waals surface area contributed by atoms with Crippen molar-refractivity contribution in [3.05, 3.63) is 72.9 Å². The molecule has 0 saturated carbocycles. The Labute approximate surface area is 423 Å². The highest BCUT2D eigenvalue weighted by Crippen LogP contribution is 2.17. The van der Waals surface area contributed by atoms with Crippen LogP contribution in [-0.4, -0.2) is 36.4 Å². The van der Waals surface area contributed by atoms with Crippen LogP contribution in [0.5, 0.6) is 0 Å². The SMILES string of the molecule is CC/C=C\C/C=C\C/C=C\C/C=C\C/C=C\CCCCCCCCCCCCCCCC(=O)OC(CO)COC(=O)CCCCCCCCCCCCCCC/C=C\CCCCCCCCCC. The van der Waals surface area contributed by atoms with Crippen molar-refractivity contribution in [2.24, 2.45) is 0 Å². The number of unbranched alkanes of at least 4 members (excludes halogenated alkanes) is 34. The largest absolute Gasteiger partial charge is 0.462 e. The lowest BCUT2D eigenvalue weighted by atomic mass is 10.0. The molecule has 0 aromatic heterocycles. The highest BCUT2D eigenvalue weighted by molar-refractivity contribution is 5.70. The molecular formula is C63H112O5. The summed E-state index contributed by atoms with van der Waals surface area (Å²) >= 11 is 0. The van der Waals surface area contributed by atoms with Gasteiger partial charge in [-0.15, -0.1) is 0 Å². The van der Waals surface area contributed by atoms with Crippen molar-refractivity contribution in [1.29, 1.82) is 0 Å². The molecule has 0 bridgehead atoms. The van der Waals surface area contributed by atoms with Gasteiger partial charge in [0.05, 0.1) is 6.61 Å². The average Bonchev–Trinajstić information content (AvgIpc) is 3.34. The summed E-state index contributed by atoms with van der Waals surface area (Å²) in [6, 6.07) is 0. The van der Waals surface area contributed by atoms with Crippen molar-refractivity contribution in [2.45, 2.75) is 302 Å². The standard InChI is InChI=1S/C63H112O5/c1-3-5-7-9-11-13-15-17-19-21-23-25-27-29-30-31-32-34-36-38-40-42-44-46-48-50-52-54-56-58-63(66)68-61(59-64)60-67-62(65)57-55-53-51-49-47-45-43-41-39-37-35-33-28-26-24-22-20-18-16-14-12-10-8-6-4-2/h5,7,11,13,17,19,22-25,29-30,61,64H,3-4,6,8-10,12,14-16,18,20-21,26-28,31-60H2,1-2H3/b7-5-,13-11-,19-17-,24-22-,25-23-,30-29-. The Morgan fingerprint density at radius 1 is 0.353 bits per heavy atom. The molecule has 0 rings (SSSR count). The molecule has 1 unspecified atom stereocenters. The van der Waals surface area contributed by atoms with Crippen LogP contribution < -0.4 is 0 Å². The van der Waals surface area contributed by atoms with Gasteiger partial charge < -0.3 is 14.6 Å². The van der Waals surface area contributed by atoms with Gasteiger partial charge in [-0.25, -0.2) is 0 Å². The van der Waals surface area contributed by atoms with Crippen LogP contribution in [0, 0.1) is 0 Å². The van der Waals surface area contributed by atoms with Crippen molar-refractivity contribution in [3.8, 4) is 0 Å². The van der Waals surface area contributed by atoms with Crippen LogP contribution in [0.15, 0.2) is 72.9 Å². The molecule has 0 aromatic carbocycles. The van der Waals surface area contributed by atoms with Crippen molar-refractivity contribution < 1.29 is 24.2 Å². The zero-order chi connectivity index (χ0) is 49.2. The third kappa shape index (κ3) is 55.9. The number of hydrogen-bond acceptors (Lipinski definition) is 5. The van der Waals surface area contributed by atoms with Crippen LogP contribution in [0.4, 0.5) is 0 Å². The van der Waals surface area contributed by atoms with E-state index in [9.17, 15) is 14.7 Å². The van der Waals surface area contributed by atoms with Crippen LogP contribution in [0.3, 0.4) is 0 Å². The first-order valence-electron chi connectivity index (χ1n) is 29.5. The highest BCUT2D eigenvalue weighted by atomic mass is 16.6. The summed E-state index contributed by atoms with van der Waals surface area (Å²) in [6.45, 7) is 4.06. The summed E-state index contributed by atoms with van der Waals surface area (Å²) in [4.78, 5) is 24.6. The van der Waals surface area contributed by atoms with Crippen molar-refractivity contribution in [1.82, 2.24) is 0 Å². The number of allylic oxidation sites excluding steroid dienone is 12. The molecule has 1 N–H and O–H groups in total. The van der Waals surface area contributed by atoms with Crippen molar-refractivity contribution in [3.63, 3.8) is 0 Å². The minimum atomic E-state index is -0.775. The molecule has 0 amide bonds. The smallest absolute Gasteiger partial charge is 0.306 e. The lowest BCUT2D eigenvalue weighted by Crippen LogP contribution is -2.28. The summed E-state index contributed by atoms with van der Waals surface area (Å²) in [7, 11) is 0. The fourth-order valence-electron chi connectivity index (χ4n) is 8.58. The van der Waals surface area contributed by atoms with Gasteiger partial charge in [0.1, 0.15) is 6.61 Å². The summed E-state index contributed by atoms with van der Waals surface area (Å²) in [6.07, 6.45) is 80.2. The predicted octanol–water partition coefficient (Wildman–Crippen LogP) is 20.0. The number of esters is 2. The monoisotopic (exact) mass is 949 g/mol.